The second kappa shape index (κ2) is 46.4. The summed E-state index contributed by atoms with van der Waals surface area (Å²) in [5.41, 5.74) is -6.69. The Morgan fingerprint density at radius 3 is 1.45 bits per heavy atom. The highest BCUT2D eigenvalue weighted by Gasteiger charge is 2.66. The molecular formula is C70H125N3O29. The van der Waals surface area contributed by atoms with Crippen LogP contribution in [0.15, 0.2) is 12.2 Å². The maximum Gasteiger partial charge on any atom is 0.338 e. The number of carbonyl (C=O) groups excluding carboxylic acids is 3. The summed E-state index contributed by atoms with van der Waals surface area (Å²) in [6.07, 6.45) is -13.4. The summed E-state index contributed by atoms with van der Waals surface area (Å²) in [7, 11) is 0. The molecule has 0 aromatic rings. The SMILES string of the molecule is CCCCCCCCCCCCC/C=C/[C@H](O)[C@@H](CO[C@@H]1O[C@H](CO)[C@@H](O[C@@H]2O[C@H](CO)[C@H](O)[C@H](C(O)[C@]3(C(=O)O)C[C@H](O)[C@@H](NC(C)=O)C(C(O)C(CO)C(O)[C@]4(C(=O)O)C[C@H](O)[C@@H](NC(C)=O)C(C(O)C(O)CO)O4)O3)[C@H]2O)[C@H](O)[C@H]1O)NC(=O)CCCCCCCCCCCCCCC. The van der Waals surface area contributed by atoms with Gasteiger partial charge in [-0.1, -0.05) is 167 Å². The van der Waals surface area contributed by atoms with Gasteiger partial charge < -0.3 is 136 Å². The molecule has 0 bridgehead atoms. The highest BCUT2D eigenvalue weighted by atomic mass is 16.7. The van der Waals surface area contributed by atoms with Crippen molar-refractivity contribution in [3.05, 3.63) is 12.2 Å². The van der Waals surface area contributed by atoms with Crippen molar-refractivity contribution in [2.75, 3.05) is 33.0 Å². The minimum atomic E-state index is -3.41. The Morgan fingerprint density at radius 2 is 0.990 bits per heavy atom. The van der Waals surface area contributed by atoms with Crippen LogP contribution in [-0.2, 0) is 52.4 Å². The van der Waals surface area contributed by atoms with Crippen LogP contribution in [0.2, 0.25) is 0 Å². The number of carboxylic acids is 2. The fourth-order valence-electron chi connectivity index (χ4n) is 14.4. The van der Waals surface area contributed by atoms with Crippen molar-refractivity contribution < 1.29 is 144 Å². The quantitative estimate of drug-likeness (QED) is 0.0252. The van der Waals surface area contributed by atoms with E-state index in [1.54, 1.807) is 0 Å². The van der Waals surface area contributed by atoms with Crippen molar-refractivity contribution in [3.8, 4) is 0 Å². The highest BCUT2D eigenvalue weighted by molar-refractivity contribution is 5.80. The van der Waals surface area contributed by atoms with Gasteiger partial charge in [0.2, 0.25) is 17.7 Å². The summed E-state index contributed by atoms with van der Waals surface area (Å²) >= 11 is 0. The van der Waals surface area contributed by atoms with E-state index in [4.69, 9.17) is 28.4 Å². The molecule has 0 spiro atoms. The number of hydrogen-bond acceptors (Lipinski definition) is 27. The number of unbranched alkanes of at least 4 members (excludes halogenated alkanes) is 23. The number of carboxylic acid groups (broad SMARTS) is 2. The van der Waals surface area contributed by atoms with Gasteiger partial charge in [-0.05, 0) is 19.3 Å². The number of amides is 3. The second-order valence-electron chi connectivity index (χ2n) is 28.4. The zero-order valence-corrected chi connectivity index (χ0v) is 59.9. The van der Waals surface area contributed by atoms with Gasteiger partial charge in [-0.15, -0.1) is 0 Å². The summed E-state index contributed by atoms with van der Waals surface area (Å²) in [6, 6.07) is -4.89. The lowest BCUT2D eigenvalue weighted by atomic mass is 9.71. The molecule has 32 nitrogen and oxygen atoms in total. The predicted molar refractivity (Wildman–Crippen MR) is 363 cm³/mol. The van der Waals surface area contributed by atoms with Crippen LogP contribution in [0.5, 0.6) is 0 Å². The van der Waals surface area contributed by atoms with Crippen LogP contribution in [-0.4, -0.2) is 300 Å². The molecule has 4 aliphatic heterocycles. The molecular weight excluding hydrogens is 1350 g/mol. The van der Waals surface area contributed by atoms with Gasteiger partial charge in [0.15, 0.2) is 23.8 Å². The first-order chi connectivity index (χ1) is 48.6. The number of aliphatic hydroxyl groups excluding tert-OH is 16. The van der Waals surface area contributed by atoms with E-state index in [1.807, 2.05) is 6.08 Å². The topological polar surface area (TPSA) is 541 Å². The molecule has 4 rings (SSSR count). The van der Waals surface area contributed by atoms with Crippen molar-refractivity contribution in [1.82, 2.24) is 16.0 Å². The molecule has 4 heterocycles. The lowest BCUT2D eigenvalue weighted by molar-refractivity contribution is -0.364. The van der Waals surface area contributed by atoms with Crippen molar-refractivity contribution in [2.24, 2.45) is 11.8 Å². The number of nitrogens with one attached hydrogen (secondary N) is 3. The Morgan fingerprint density at radius 1 is 0.539 bits per heavy atom. The molecule has 32 heteroatoms. The minimum Gasteiger partial charge on any atom is -0.479 e. The number of allylic oxidation sites excluding steroid dienone is 1. The minimum absolute atomic E-state index is 0.142. The Kier molecular flexibility index (Phi) is 41.2. The van der Waals surface area contributed by atoms with E-state index in [2.05, 4.69) is 29.8 Å². The third-order valence-electron chi connectivity index (χ3n) is 20.4. The van der Waals surface area contributed by atoms with E-state index in [0.717, 1.165) is 71.6 Å². The molecule has 0 saturated carbocycles. The molecule has 21 N–H and O–H groups in total. The first-order valence-corrected chi connectivity index (χ1v) is 37.1. The highest BCUT2D eigenvalue weighted by Crippen LogP contribution is 2.45. The van der Waals surface area contributed by atoms with E-state index in [0.29, 0.717) is 12.8 Å². The third-order valence-corrected chi connectivity index (χ3v) is 20.4. The molecule has 3 amide bonds. The Balaban J connectivity index is 1.55. The molecule has 0 aromatic carbocycles. The van der Waals surface area contributed by atoms with Gasteiger partial charge in [0.25, 0.3) is 0 Å². The molecule has 0 aromatic heterocycles. The predicted octanol–water partition coefficient (Wildman–Crippen LogP) is -1.17. The van der Waals surface area contributed by atoms with E-state index in [1.165, 1.54) is 96.0 Å². The van der Waals surface area contributed by atoms with Gasteiger partial charge in [-0.25, -0.2) is 9.59 Å². The first kappa shape index (κ1) is 90.6. The monoisotopic (exact) mass is 1470 g/mol. The zero-order valence-electron chi connectivity index (χ0n) is 59.9. The van der Waals surface area contributed by atoms with Crippen molar-refractivity contribution >= 4 is 29.7 Å². The Labute approximate surface area is 598 Å². The van der Waals surface area contributed by atoms with Crippen LogP contribution in [0.25, 0.3) is 0 Å². The van der Waals surface area contributed by atoms with E-state index in [9.17, 15) is 116 Å². The van der Waals surface area contributed by atoms with Gasteiger partial charge in [0.1, 0.15) is 73.2 Å². The summed E-state index contributed by atoms with van der Waals surface area (Å²) in [6.45, 7) is 0.817. The zero-order chi connectivity index (χ0) is 75.9. The molecule has 8 unspecified atom stereocenters. The molecule has 0 aliphatic carbocycles. The van der Waals surface area contributed by atoms with Crippen molar-refractivity contribution in [3.63, 3.8) is 0 Å². The molecule has 26 atom stereocenters. The van der Waals surface area contributed by atoms with Crippen LogP contribution in [0.1, 0.15) is 207 Å². The molecule has 594 valence electrons. The van der Waals surface area contributed by atoms with Crippen LogP contribution < -0.4 is 16.0 Å². The first-order valence-electron chi connectivity index (χ1n) is 37.1. The van der Waals surface area contributed by atoms with Crippen molar-refractivity contribution in [2.45, 2.75) is 353 Å². The fraction of sp³-hybridized carbons (Fsp3) is 0.900. The lowest BCUT2D eigenvalue weighted by Gasteiger charge is -2.54. The van der Waals surface area contributed by atoms with E-state index >= 15 is 0 Å². The van der Waals surface area contributed by atoms with Gasteiger partial charge in [0, 0.05) is 44.9 Å². The fourth-order valence-corrected chi connectivity index (χ4v) is 14.4. The Hall–Kier alpha value is -3.79. The molecule has 4 fully saturated rings. The smallest absolute Gasteiger partial charge is 0.338 e. The maximum atomic E-state index is 13.8. The van der Waals surface area contributed by atoms with Gasteiger partial charge in [-0.2, -0.15) is 0 Å². The normalized spacial score (nSPS) is 32.4. The van der Waals surface area contributed by atoms with Crippen molar-refractivity contribution in [1.29, 1.82) is 0 Å². The molecule has 0 radical (unpaired) electrons. The summed E-state index contributed by atoms with van der Waals surface area (Å²) < 4.78 is 35.1. The number of aliphatic carboxylic acids is 2. The van der Waals surface area contributed by atoms with E-state index < -0.39 is 227 Å². The standard InChI is InChI=1S/C70H125N3O29/c1-5-7-9-11-13-15-17-19-21-23-25-27-29-31-44(80)43(73-50(84)32-30-28-26-24-22-20-18-16-14-12-10-8-6-2)39-97-65-59(90)58(89)60(49(38-77)99-65)100-66-57(88)51(56(87)48(37-76)98-66)64(92)70(68(95)96)34-46(82)52(71-40(3)78)61(101-70)54(85)42(35-74)63(91)69(67(93)94)33-45(81)53(72-41(4)79)62(102-69)55(86)47(83)36-75/h29,31,42-49,51-66,74-77,80-83,85-92H,5-28,30,32-39H2,1-4H3,(H,71,78)(H,72,79)(H,73,84)(H,93,94)(H,95,96)/b31-29+/t42?,43-,44+,45+,46+,47?,48-,49-,51+,52-,53-,54?,55?,56+,57-,58-,59-,60-,61?,62?,63?,64?,65-,66+,69+,70+/m1/s1. The molecule has 4 saturated heterocycles. The average molecular weight is 1470 g/mol. The Bertz CT molecular complexity index is 2440. The summed E-state index contributed by atoms with van der Waals surface area (Å²) in [5.74, 6) is -11.4. The van der Waals surface area contributed by atoms with Crippen LogP contribution >= 0.6 is 0 Å². The van der Waals surface area contributed by atoms with Gasteiger partial charge in [0.05, 0.1) is 81.7 Å². The largest absolute Gasteiger partial charge is 0.479 e. The number of rotatable bonds is 50. The third kappa shape index (κ3) is 26.0. The summed E-state index contributed by atoms with van der Waals surface area (Å²) in [4.78, 5) is 65.5. The van der Waals surface area contributed by atoms with Crippen LogP contribution in [0.3, 0.4) is 0 Å². The maximum absolute atomic E-state index is 13.8. The number of ether oxygens (including phenoxy) is 6. The number of carbonyl (C=O) groups is 5. The second-order valence-corrected chi connectivity index (χ2v) is 28.4. The number of aliphatic hydroxyl groups is 16. The van der Waals surface area contributed by atoms with Crippen LogP contribution in [0, 0.1) is 11.8 Å². The average Bonchev–Trinajstić information content (AvgIpc) is 0.710. The van der Waals surface area contributed by atoms with Gasteiger partial charge >= 0.3 is 11.9 Å². The number of hydrogen-bond donors (Lipinski definition) is 21. The van der Waals surface area contributed by atoms with Gasteiger partial charge in [-0.3, -0.25) is 14.4 Å². The summed E-state index contributed by atoms with van der Waals surface area (Å²) in [5, 5.41) is 211. The lowest BCUT2D eigenvalue weighted by Crippen LogP contribution is -2.74. The molecule has 102 heavy (non-hydrogen) atoms. The van der Waals surface area contributed by atoms with E-state index in [-0.39, 0.29) is 12.3 Å². The molecule has 4 aliphatic rings. The van der Waals surface area contributed by atoms with Crippen LogP contribution in [0.4, 0.5) is 0 Å².